The van der Waals surface area contributed by atoms with Gasteiger partial charge < -0.3 is 10.2 Å². The molecular formula is C22H26N2O2. The number of benzene rings is 2. The summed E-state index contributed by atoms with van der Waals surface area (Å²) < 4.78 is 0. The molecule has 0 saturated heterocycles. The molecule has 2 aromatic rings. The number of nitrogens with zero attached hydrogens (tertiary/aromatic N) is 1. The van der Waals surface area contributed by atoms with Crippen molar-refractivity contribution >= 4 is 17.5 Å². The second-order valence-electron chi connectivity index (χ2n) is 6.92. The predicted molar refractivity (Wildman–Crippen MR) is 105 cm³/mol. The van der Waals surface area contributed by atoms with Gasteiger partial charge in [-0.15, -0.1) is 0 Å². The molecule has 1 fully saturated rings. The van der Waals surface area contributed by atoms with Gasteiger partial charge in [0.25, 0.3) is 11.8 Å². The van der Waals surface area contributed by atoms with Gasteiger partial charge in [-0.3, -0.25) is 9.59 Å². The lowest BCUT2D eigenvalue weighted by Crippen LogP contribution is -2.33. The molecule has 0 aromatic heterocycles. The maximum Gasteiger partial charge on any atom is 0.258 e. The fourth-order valence-electron chi connectivity index (χ4n) is 3.53. The average molecular weight is 350 g/mol. The van der Waals surface area contributed by atoms with Gasteiger partial charge in [-0.05, 0) is 62.6 Å². The zero-order chi connectivity index (χ0) is 18.5. The number of aryl methyl sites for hydroxylation is 1. The first-order chi connectivity index (χ1) is 12.6. The van der Waals surface area contributed by atoms with Gasteiger partial charge in [-0.2, -0.15) is 0 Å². The van der Waals surface area contributed by atoms with E-state index < -0.39 is 0 Å². The van der Waals surface area contributed by atoms with E-state index in [1.807, 2.05) is 38.1 Å². The molecule has 3 rings (SSSR count). The minimum absolute atomic E-state index is 0.0892. The molecule has 1 aliphatic carbocycles. The quantitative estimate of drug-likeness (QED) is 0.872. The van der Waals surface area contributed by atoms with Gasteiger partial charge in [0, 0.05) is 29.4 Å². The summed E-state index contributed by atoms with van der Waals surface area (Å²) in [4.78, 5) is 27.2. The number of hydrogen-bond donors (Lipinski definition) is 1. The highest BCUT2D eigenvalue weighted by atomic mass is 16.2. The Balaban J connectivity index is 1.79. The van der Waals surface area contributed by atoms with Crippen LogP contribution >= 0.6 is 0 Å². The van der Waals surface area contributed by atoms with Crippen molar-refractivity contribution < 1.29 is 9.59 Å². The van der Waals surface area contributed by atoms with E-state index in [0.29, 0.717) is 17.7 Å². The normalized spacial score (nSPS) is 14.2. The van der Waals surface area contributed by atoms with Gasteiger partial charge in [0.05, 0.1) is 0 Å². The lowest BCUT2D eigenvalue weighted by Gasteiger charge is -2.22. The number of carbonyl (C=O) groups excluding carboxylic acids is 2. The highest BCUT2D eigenvalue weighted by Gasteiger charge is 2.20. The van der Waals surface area contributed by atoms with Gasteiger partial charge in [0.2, 0.25) is 0 Å². The van der Waals surface area contributed by atoms with E-state index in [0.717, 1.165) is 24.1 Å². The van der Waals surface area contributed by atoms with E-state index in [4.69, 9.17) is 0 Å². The molecule has 2 aromatic carbocycles. The molecule has 1 saturated carbocycles. The number of amides is 2. The molecule has 2 amide bonds. The summed E-state index contributed by atoms with van der Waals surface area (Å²) in [6, 6.07) is 15.2. The summed E-state index contributed by atoms with van der Waals surface area (Å²) in [6.45, 7) is 4.54. The number of hydrogen-bond acceptors (Lipinski definition) is 2. The van der Waals surface area contributed by atoms with Gasteiger partial charge >= 0.3 is 0 Å². The fourth-order valence-corrected chi connectivity index (χ4v) is 3.53. The molecule has 0 heterocycles. The molecule has 1 N–H and O–H groups in total. The molecule has 0 aliphatic heterocycles. The van der Waals surface area contributed by atoms with Crippen molar-refractivity contribution in [2.75, 3.05) is 11.4 Å². The number of rotatable bonds is 5. The van der Waals surface area contributed by atoms with E-state index >= 15 is 0 Å². The third-order valence-corrected chi connectivity index (χ3v) is 4.94. The molecule has 4 heteroatoms. The summed E-state index contributed by atoms with van der Waals surface area (Å²) in [5.41, 5.74) is 3.06. The Morgan fingerprint density at radius 3 is 2.42 bits per heavy atom. The Kier molecular flexibility index (Phi) is 5.71. The van der Waals surface area contributed by atoms with Crippen LogP contribution < -0.4 is 10.2 Å². The third kappa shape index (κ3) is 4.13. The molecule has 0 unspecified atom stereocenters. The van der Waals surface area contributed by atoms with E-state index in [1.54, 1.807) is 29.2 Å². The van der Waals surface area contributed by atoms with Crippen molar-refractivity contribution in [3.63, 3.8) is 0 Å². The Morgan fingerprint density at radius 2 is 1.73 bits per heavy atom. The van der Waals surface area contributed by atoms with Crippen LogP contribution in [0.3, 0.4) is 0 Å². The highest BCUT2D eigenvalue weighted by Crippen LogP contribution is 2.20. The van der Waals surface area contributed by atoms with Crippen LogP contribution in [0.4, 0.5) is 5.69 Å². The first-order valence-corrected chi connectivity index (χ1v) is 9.38. The number of carbonyl (C=O) groups is 2. The van der Waals surface area contributed by atoms with Crippen LogP contribution in [0.1, 0.15) is 58.9 Å². The highest BCUT2D eigenvalue weighted by molar-refractivity contribution is 6.07. The molecule has 0 atom stereocenters. The smallest absolute Gasteiger partial charge is 0.258 e. The van der Waals surface area contributed by atoms with Crippen LogP contribution in [0.2, 0.25) is 0 Å². The lowest BCUT2D eigenvalue weighted by atomic mass is 10.1. The van der Waals surface area contributed by atoms with E-state index in [-0.39, 0.29) is 17.9 Å². The first-order valence-electron chi connectivity index (χ1n) is 9.38. The molecule has 4 nitrogen and oxygen atoms in total. The minimum atomic E-state index is -0.0924. The van der Waals surface area contributed by atoms with Crippen LogP contribution in [0.25, 0.3) is 0 Å². The molecule has 0 radical (unpaired) electrons. The van der Waals surface area contributed by atoms with Crippen LogP contribution in [0.15, 0.2) is 48.5 Å². The number of nitrogens with one attached hydrogen (secondary N) is 1. The summed E-state index contributed by atoms with van der Waals surface area (Å²) >= 11 is 0. The molecule has 0 bridgehead atoms. The van der Waals surface area contributed by atoms with Crippen molar-refractivity contribution in [1.29, 1.82) is 0 Å². The molecule has 136 valence electrons. The largest absolute Gasteiger partial charge is 0.349 e. The predicted octanol–water partition coefficient (Wildman–Crippen LogP) is 4.33. The minimum Gasteiger partial charge on any atom is -0.349 e. The second kappa shape index (κ2) is 8.17. The van der Waals surface area contributed by atoms with E-state index in [2.05, 4.69) is 5.32 Å². The number of anilines is 1. The van der Waals surface area contributed by atoms with Crippen molar-refractivity contribution in [3.05, 3.63) is 65.2 Å². The van der Waals surface area contributed by atoms with Crippen molar-refractivity contribution in [1.82, 2.24) is 5.32 Å². The standard InChI is InChI=1S/C22H26N2O2/c1-3-24(20-13-6-8-16(2)14-20)22(26)18-10-7-9-17(15-18)21(25)23-19-11-4-5-12-19/h6-10,13-15,19H,3-5,11-12H2,1-2H3,(H,23,25). The van der Waals surface area contributed by atoms with Gasteiger partial charge in [-0.25, -0.2) is 0 Å². The van der Waals surface area contributed by atoms with Crippen molar-refractivity contribution in [3.8, 4) is 0 Å². The SMILES string of the molecule is CCN(C(=O)c1cccc(C(=O)NC2CCCC2)c1)c1cccc(C)c1. The monoisotopic (exact) mass is 350 g/mol. The van der Waals surface area contributed by atoms with Gasteiger partial charge in [-0.1, -0.05) is 31.0 Å². The first kappa shape index (κ1) is 18.2. The maximum atomic E-state index is 13.0. The Labute approximate surface area is 155 Å². The van der Waals surface area contributed by atoms with Crippen LogP contribution in [-0.4, -0.2) is 24.4 Å². The molecular weight excluding hydrogens is 324 g/mol. The molecule has 0 spiro atoms. The molecule has 26 heavy (non-hydrogen) atoms. The van der Waals surface area contributed by atoms with Crippen molar-refractivity contribution in [2.45, 2.75) is 45.6 Å². The Hall–Kier alpha value is -2.62. The summed E-state index contributed by atoms with van der Waals surface area (Å²) in [5.74, 6) is -0.182. The fraction of sp³-hybridized carbons (Fsp3) is 0.364. The summed E-state index contributed by atoms with van der Waals surface area (Å²) in [6.07, 6.45) is 4.43. The second-order valence-corrected chi connectivity index (χ2v) is 6.92. The van der Waals surface area contributed by atoms with Crippen molar-refractivity contribution in [2.24, 2.45) is 0 Å². The van der Waals surface area contributed by atoms with Crippen LogP contribution in [-0.2, 0) is 0 Å². The van der Waals surface area contributed by atoms with Gasteiger partial charge in [0.1, 0.15) is 0 Å². The van der Waals surface area contributed by atoms with E-state index in [1.165, 1.54) is 12.8 Å². The zero-order valence-electron chi connectivity index (χ0n) is 15.5. The zero-order valence-corrected chi connectivity index (χ0v) is 15.5. The summed E-state index contributed by atoms with van der Waals surface area (Å²) in [5, 5.41) is 3.08. The van der Waals surface area contributed by atoms with Crippen LogP contribution in [0, 0.1) is 6.92 Å². The summed E-state index contributed by atoms with van der Waals surface area (Å²) in [7, 11) is 0. The van der Waals surface area contributed by atoms with Crippen LogP contribution in [0.5, 0.6) is 0 Å². The topological polar surface area (TPSA) is 49.4 Å². The Bertz CT molecular complexity index is 794. The Morgan fingerprint density at radius 1 is 1.04 bits per heavy atom. The van der Waals surface area contributed by atoms with E-state index in [9.17, 15) is 9.59 Å². The third-order valence-electron chi connectivity index (χ3n) is 4.94. The average Bonchev–Trinajstić information content (AvgIpc) is 3.15. The molecule has 1 aliphatic rings. The lowest BCUT2D eigenvalue weighted by molar-refractivity contribution is 0.0938. The maximum absolute atomic E-state index is 13.0. The van der Waals surface area contributed by atoms with Gasteiger partial charge in [0.15, 0.2) is 0 Å².